The standard InChI is InChI=1S/C24H18Cl2N4O3/c1-14-4-6-15(7-5-14)19-11-20(21-3-2-8-33-21)30(28-19)22(31)12-29-13-27-23-17(24(29)32)9-16(25)10-18(23)26/h2-10,13,20H,11-12H2,1H3. The van der Waals surface area contributed by atoms with Gasteiger partial charge in [0.15, 0.2) is 0 Å². The first kappa shape index (κ1) is 21.4. The summed E-state index contributed by atoms with van der Waals surface area (Å²) >= 11 is 12.2. The van der Waals surface area contributed by atoms with E-state index in [1.165, 1.54) is 28.0 Å². The predicted molar refractivity (Wildman–Crippen MR) is 127 cm³/mol. The molecule has 9 heteroatoms. The molecule has 1 amide bonds. The van der Waals surface area contributed by atoms with Crippen LogP contribution in [0, 0.1) is 6.92 Å². The van der Waals surface area contributed by atoms with Crippen molar-refractivity contribution in [2.75, 3.05) is 0 Å². The Morgan fingerprint density at radius 2 is 1.97 bits per heavy atom. The maximum atomic E-state index is 13.3. The van der Waals surface area contributed by atoms with Crippen molar-refractivity contribution in [3.05, 3.63) is 98.4 Å². The molecule has 0 saturated heterocycles. The van der Waals surface area contributed by atoms with Crippen molar-refractivity contribution in [1.29, 1.82) is 0 Å². The van der Waals surface area contributed by atoms with E-state index in [9.17, 15) is 9.59 Å². The number of nitrogens with zero attached hydrogens (tertiary/aromatic N) is 4. The number of amides is 1. The normalized spacial score (nSPS) is 15.8. The number of rotatable bonds is 4. The molecule has 4 aromatic rings. The Balaban J connectivity index is 1.49. The van der Waals surface area contributed by atoms with Crippen LogP contribution in [-0.4, -0.2) is 26.2 Å². The monoisotopic (exact) mass is 480 g/mol. The largest absolute Gasteiger partial charge is 0.467 e. The van der Waals surface area contributed by atoms with E-state index in [0.717, 1.165) is 16.8 Å². The molecule has 1 aliphatic rings. The number of hydrazone groups is 1. The zero-order chi connectivity index (χ0) is 23.1. The summed E-state index contributed by atoms with van der Waals surface area (Å²) in [5.41, 5.74) is 2.77. The molecule has 1 atom stereocenters. The summed E-state index contributed by atoms with van der Waals surface area (Å²) in [5.74, 6) is 0.256. The molecule has 3 heterocycles. The average Bonchev–Trinajstić information content (AvgIpc) is 3.46. The van der Waals surface area contributed by atoms with Crippen molar-refractivity contribution >= 4 is 45.7 Å². The molecule has 166 valence electrons. The van der Waals surface area contributed by atoms with Crippen LogP contribution >= 0.6 is 23.2 Å². The highest BCUT2D eigenvalue weighted by Gasteiger charge is 2.35. The fourth-order valence-corrected chi connectivity index (χ4v) is 4.43. The van der Waals surface area contributed by atoms with Crippen molar-refractivity contribution in [3.63, 3.8) is 0 Å². The van der Waals surface area contributed by atoms with Crippen molar-refractivity contribution in [2.24, 2.45) is 5.10 Å². The first-order valence-corrected chi connectivity index (χ1v) is 11.0. The van der Waals surface area contributed by atoms with Gasteiger partial charge in [-0.2, -0.15) is 5.10 Å². The van der Waals surface area contributed by atoms with Crippen molar-refractivity contribution < 1.29 is 9.21 Å². The quantitative estimate of drug-likeness (QED) is 0.412. The Kier molecular flexibility index (Phi) is 5.52. The van der Waals surface area contributed by atoms with E-state index in [-0.39, 0.29) is 22.9 Å². The molecule has 1 unspecified atom stereocenters. The number of benzene rings is 2. The summed E-state index contributed by atoms with van der Waals surface area (Å²) in [7, 11) is 0. The molecule has 0 fully saturated rings. The van der Waals surface area contributed by atoms with Gasteiger partial charge in [0.05, 0.1) is 34.2 Å². The lowest BCUT2D eigenvalue weighted by atomic mass is 10.0. The van der Waals surface area contributed by atoms with Crippen LogP contribution < -0.4 is 5.56 Å². The molecular formula is C24H18Cl2N4O3. The highest BCUT2D eigenvalue weighted by atomic mass is 35.5. The smallest absolute Gasteiger partial charge is 0.263 e. The lowest BCUT2D eigenvalue weighted by Crippen LogP contribution is -2.34. The van der Waals surface area contributed by atoms with Gasteiger partial charge in [-0.3, -0.25) is 14.2 Å². The molecule has 2 aromatic carbocycles. The second kappa shape index (κ2) is 8.50. The van der Waals surface area contributed by atoms with Crippen molar-refractivity contribution in [2.45, 2.75) is 25.9 Å². The minimum absolute atomic E-state index is 0.242. The Bertz CT molecular complexity index is 1440. The lowest BCUT2D eigenvalue weighted by molar-refractivity contribution is -0.134. The maximum Gasteiger partial charge on any atom is 0.263 e. The van der Waals surface area contributed by atoms with Crippen LogP contribution in [0.4, 0.5) is 0 Å². The minimum Gasteiger partial charge on any atom is -0.467 e. The molecule has 1 aliphatic heterocycles. The van der Waals surface area contributed by atoms with Crippen LogP contribution in [0.2, 0.25) is 10.0 Å². The Labute approximate surface area is 198 Å². The Morgan fingerprint density at radius 1 is 1.18 bits per heavy atom. The van der Waals surface area contributed by atoms with E-state index in [0.29, 0.717) is 22.7 Å². The zero-order valence-electron chi connectivity index (χ0n) is 17.5. The van der Waals surface area contributed by atoms with Gasteiger partial charge in [0.25, 0.3) is 11.5 Å². The van der Waals surface area contributed by atoms with Gasteiger partial charge in [0.1, 0.15) is 18.3 Å². The van der Waals surface area contributed by atoms with Gasteiger partial charge in [-0.05, 0) is 36.8 Å². The molecule has 0 spiro atoms. The number of hydrogen-bond donors (Lipinski definition) is 0. The maximum absolute atomic E-state index is 13.3. The molecule has 2 aromatic heterocycles. The second-order valence-electron chi connectivity index (χ2n) is 7.85. The van der Waals surface area contributed by atoms with Crippen LogP contribution in [0.1, 0.15) is 29.3 Å². The molecule has 0 aliphatic carbocycles. The first-order valence-electron chi connectivity index (χ1n) is 10.2. The van der Waals surface area contributed by atoms with Crippen molar-refractivity contribution in [3.8, 4) is 0 Å². The lowest BCUT2D eigenvalue weighted by Gasteiger charge is -2.20. The first-order chi connectivity index (χ1) is 15.9. The number of aryl methyl sites for hydroxylation is 1. The molecule has 0 N–H and O–H groups in total. The number of carbonyl (C=O) groups is 1. The summed E-state index contributed by atoms with van der Waals surface area (Å²) in [5, 5.41) is 6.83. The number of carbonyl (C=O) groups excluding carboxylic acids is 1. The van der Waals surface area contributed by atoms with E-state index in [1.807, 2.05) is 37.3 Å². The fourth-order valence-electron chi connectivity index (χ4n) is 3.89. The van der Waals surface area contributed by atoms with Gasteiger partial charge in [0.2, 0.25) is 0 Å². The third kappa shape index (κ3) is 4.05. The second-order valence-corrected chi connectivity index (χ2v) is 8.69. The summed E-state index contributed by atoms with van der Waals surface area (Å²) in [6, 6.07) is 14.2. The molecule has 0 bridgehead atoms. The molecule has 0 radical (unpaired) electrons. The number of furan rings is 1. The van der Waals surface area contributed by atoms with Crippen molar-refractivity contribution in [1.82, 2.24) is 14.6 Å². The molecule has 0 saturated carbocycles. The summed E-state index contributed by atoms with van der Waals surface area (Å²) in [4.78, 5) is 30.6. The van der Waals surface area contributed by atoms with E-state index in [4.69, 9.17) is 27.6 Å². The van der Waals surface area contributed by atoms with Crippen LogP contribution in [0.25, 0.3) is 10.9 Å². The fraction of sp³-hybridized carbons (Fsp3) is 0.167. The van der Waals surface area contributed by atoms with Crippen LogP contribution in [0.5, 0.6) is 0 Å². The van der Waals surface area contributed by atoms with Crippen LogP contribution in [0.15, 0.2) is 75.4 Å². The van der Waals surface area contributed by atoms with Crippen LogP contribution in [0.3, 0.4) is 0 Å². The van der Waals surface area contributed by atoms with E-state index in [2.05, 4.69) is 10.1 Å². The SMILES string of the molecule is Cc1ccc(C2=NN(C(=O)Cn3cnc4c(Cl)cc(Cl)cc4c3=O)C(c3ccco3)C2)cc1. The highest BCUT2D eigenvalue weighted by molar-refractivity contribution is 6.38. The molecule has 7 nitrogen and oxygen atoms in total. The van der Waals surface area contributed by atoms with E-state index >= 15 is 0 Å². The summed E-state index contributed by atoms with van der Waals surface area (Å²) in [6.45, 7) is 1.77. The third-order valence-corrected chi connectivity index (χ3v) is 6.08. The predicted octanol–water partition coefficient (Wildman–Crippen LogP) is 4.98. The van der Waals surface area contributed by atoms with Gasteiger partial charge < -0.3 is 4.42 Å². The minimum atomic E-state index is -0.408. The molecule has 33 heavy (non-hydrogen) atoms. The average molecular weight is 481 g/mol. The number of fused-ring (bicyclic) bond motifs is 1. The summed E-state index contributed by atoms with van der Waals surface area (Å²) < 4.78 is 6.81. The topological polar surface area (TPSA) is 80.7 Å². The molecular weight excluding hydrogens is 463 g/mol. The van der Waals surface area contributed by atoms with Crippen LogP contribution in [-0.2, 0) is 11.3 Å². The number of aromatic nitrogens is 2. The van der Waals surface area contributed by atoms with Gasteiger partial charge >= 0.3 is 0 Å². The van der Waals surface area contributed by atoms with Gasteiger partial charge in [0, 0.05) is 11.4 Å². The van der Waals surface area contributed by atoms with E-state index < -0.39 is 11.6 Å². The van der Waals surface area contributed by atoms with Gasteiger partial charge in [-0.1, -0.05) is 53.0 Å². The molecule has 5 rings (SSSR count). The Morgan fingerprint density at radius 3 is 2.70 bits per heavy atom. The van der Waals surface area contributed by atoms with Gasteiger partial charge in [-0.25, -0.2) is 9.99 Å². The number of hydrogen-bond acceptors (Lipinski definition) is 5. The third-order valence-electron chi connectivity index (χ3n) is 5.57. The Hall–Kier alpha value is -3.42. The van der Waals surface area contributed by atoms with Gasteiger partial charge in [-0.15, -0.1) is 0 Å². The number of halogens is 2. The highest BCUT2D eigenvalue weighted by Crippen LogP contribution is 2.33. The summed E-state index contributed by atoms with van der Waals surface area (Å²) in [6.07, 6.45) is 3.37. The zero-order valence-corrected chi connectivity index (χ0v) is 19.0. The van der Waals surface area contributed by atoms with E-state index in [1.54, 1.807) is 12.3 Å².